The fourth-order valence-electron chi connectivity index (χ4n) is 3.66. The summed E-state index contributed by atoms with van der Waals surface area (Å²) in [5.74, 6) is -0.956. The van der Waals surface area contributed by atoms with Gasteiger partial charge < -0.3 is 14.4 Å². The van der Waals surface area contributed by atoms with Gasteiger partial charge in [-0.05, 0) is 45.2 Å². The molecule has 1 aromatic rings. The molecule has 8 nitrogen and oxygen atoms in total. The quantitative estimate of drug-likeness (QED) is 0.543. The fourth-order valence-corrected chi connectivity index (χ4v) is 5.34. The molecule has 1 aliphatic heterocycles. The zero-order valence-electron chi connectivity index (χ0n) is 18.2. The van der Waals surface area contributed by atoms with Gasteiger partial charge in [0.15, 0.2) is 0 Å². The number of carbonyl (C=O) groups excluding carboxylic acids is 2. The first-order valence-electron chi connectivity index (χ1n) is 10.2. The molecule has 1 fully saturated rings. The van der Waals surface area contributed by atoms with E-state index in [1.807, 2.05) is 13.0 Å². The third-order valence-corrected chi connectivity index (χ3v) is 7.31. The third-order valence-electron chi connectivity index (χ3n) is 5.25. The van der Waals surface area contributed by atoms with Crippen molar-refractivity contribution in [2.45, 2.75) is 38.5 Å². The first-order valence-corrected chi connectivity index (χ1v) is 11.7. The Hall–Kier alpha value is -1.97. The summed E-state index contributed by atoms with van der Waals surface area (Å²) in [6.45, 7) is 6.68. The lowest BCUT2D eigenvalue weighted by molar-refractivity contribution is -0.151. The Kier molecular flexibility index (Phi) is 8.81. The van der Waals surface area contributed by atoms with Gasteiger partial charge in [-0.3, -0.25) is 9.59 Å². The molecule has 0 aromatic heterocycles. The van der Waals surface area contributed by atoms with Crippen LogP contribution in [0.5, 0.6) is 0 Å². The van der Waals surface area contributed by atoms with E-state index in [1.165, 1.54) is 16.3 Å². The minimum absolute atomic E-state index is 0.128. The second-order valence-corrected chi connectivity index (χ2v) is 9.41. The molecular weight excluding hydrogens is 408 g/mol. The predicted octanol–water partition coefficient (Wildman–Crippen LogP) is 1.74. The lowest BCUT2D eigenvalue weighted by atomic mass is 9.96. The summed E-state index contributed by atoms with van der Waals surface area (Å²) in [4.78, 5) is 26.6. The molecule has 0 unspecified atom stereocenters. The first kappa shape index (κ1) is 24.3. The number of carbonyl (C=O) groups is 2. The Labute approximate surface area is 179 Å². The van der Waals surface area contributed by atoms with Crippen molar-refractivity contribution in [3.8, 4) is 0 Å². The first-order chi connectivity index (χ1) is 14.2. The zero-order chi connectivity index (χ0) is 22.3. The highest BCUT2D eigenvalue weighted by atomic mass is 32.2. The lowest BCUT2D eigenvalue weighted by Gasteiger charge is -2.33. The van der Waals surface area contributed by atoms with Crippen molar-refractivity contribution in [3.63, 3.8) is 0 Å². The molecule has 0 N–H and O–H groups in total. The lowest BCUT2D eigenvalue weighted by Crippen LogP contribution is -2.46. The van der Waals surface area contributed by atoms with E-state index in [0.29, 0.717) is 29.9 Å². The number of ether oxygens (including phenoxy) is 2. The summed E-state index contributed by atoms with van der Waals surface area (Å²) in [6.07, 6.45) is 0.824. The number of hydrogen-bond donors (Lipinski definition) is 0. The maximum atomic E-state index is 13.0. The minimum Gasteiger partial charge on any atom is -0.465 e. The van der Waals surface area contributed by atoms with Crippen LogP contribution in [0.3, 0.4) is 0 Å². The van der Waals surface area contributed by atoms with Crippen LogP contribution in [0.2, 0.25) is 0 Å². The van der Waals surface area contributed by atoms with Gasteiger partial charge >= 0.3 is 5.97 Å². The van der Waals surface area contributed by atoms with Gasteiger partial charge in [-0.15, -0.1) is 0 Å². The number of hydrogen-bond acceptors (Lipinski definition) is 6. The summed E-state index contributed by atoms with van der Waals surface area (Å²) in [5.41, 5.74) is 1.72. The second kappa shape index (κ2) is 10.9. The van der Waals surface area contributed by atoms with E-state index in [1.54, 1.807) is 26.0 Å². The van der Waals surface area contributed by atoms with E-state index in [2.05, 4.69) is 0 Å². The summed E-state index contributed by atoms with van der Waals surface area (Å²) in [6, 6.07) is 5.29. The van der Waals surface area contributed by atoms with Gasteiger partial charge in [0.25, 0.3) is 0 Å². The number of rotatable bonds is 9. The average molecular weight is 441 g/mol. The van der Waals surface area contributed by atoms with Crippen LogP contribution < -0.4 is 0 Å². The van der Waals surface area contributed by atoms with E-state index < -0.39 is 16.0 Å². The fraction of sp³-hybridized carbons (Fsp3) is 0.619. The molecule has 9 heteroatoms. The Morgan fingerprint density at radius 2 is 1.87 bits per heavy atom. The Balaban J connectivity index is 2.05. The number of methoxy groups -OCH3 is 1. The molecule has 1 amide bonds. The summed E-state index contributed by atoms with van der Waals surface area (Å²) >= 11 is 0. The molecule has 0 saturated carbocycles. The number of aryl methyl sites for hydroxylation is 2. The molecule has 1 heterocycles. The van der Waals surface area contributed by atoms with Gasteiger partial charge in [-0.2, -0.15) is 4.31 Å². The summed E-state index contributed by atoms with van der Waals surface area (Å²) in [7, 11) is -2.07. The zero-order valence-corrected chi connectivity index (χ0v) is 19.0. The van der Waals surface area contributed by atoms with E-state index in [-0.39, 0.29) is 44.6 Å². The van der Waals surface area contributed by atoms with E-state index >= 15 is 0 Å². The van der Waals surface area contributed by atoms with Crippen LogP contribution in [-0.4, -0.2) is 76.0 Å². The Morgan fingerprint density at radius 3 is 2.43 bits per heavy atom. The predicted molar refractivity (Wildman–Crippen MR) is 112 cm³/mol. The molecule has 0 radical (unpaired) electrons. The molecule has 30 heavy (non-hydrogen) atoms. The number of nitrogens with zero attached hydrogens (tertiary/aromatic N) is 2. The van der Waals surface area contributed by atoms with Gasteiger partial charge in [0.1, 0.15) is 6.54 Å². The molecule has 0 aliphatic carbocycles. The minimum atomic E-state index is -3.61. The molecular formula is C21H32N2O6S. The van der Waals surface area contributed by atoms with Gasteiger partial charge in [0.05, 0.1) is 18.1 Å². The van der Waals surface area contributed by atoms with Crippen molar-refractivity contribution in [1.29, 1.82) is 0 Å². The van der Waals surface area contributed by atoms with Gasteiger partial charge in [0.2, 0.25) is 15.9 Å². The molecule has 1 aromatic carbocycles. The SMILES string of the molecule is CCOC(=O)CN(CCOC)C(=O)C1CCN(S(=O)(=O)c2ccc(C)cc2C)CC1. The summed E-state index contributed by atoms with van der Waals surface area (Å²) in [5, 5.41) is 0. The number of sulfonamides is 1. The average Bonchev–Trinajstić information content (AvgIpc) is 2.70. The van der Waals surface area contributed by atoms with Crippen LogP contribution in [0.1, 0.15) is 30.9 Å². The van der Waals surface area contributed by atoms with Crippen molar-refractivity contribution < 1.29 is 27.5 Å². The van der Waals surface area contributed by atoms with Crippen LogP contribution in [0.25, 0.3) is 0 Å². The topological polar surface area (TPSA) is 93.2 Å². The van der Waals surface area contributed by atoms with E-state index in [4.69, 9.17) is 9.47 Å². The number of esters is 1. The van der Waals surface area contributed by atoms with Crippen molar-refractivity contribution >= 4 is 21.9 Å². The van der Waals surface area contributed by atoms with Crippen LogP contribution in [0, 0.1) is 19.8 Å². The summed E-state index contributed by atoms with van der Waals surface area (Å²) < 4.78 is 37.5. The Bertz CT molecular complexity index is 847. The van der Waals surface area contributed by atoms with Gasteiger partial charge in [-0.25, -0.2) is 8.42 Å². The maximum absolute atomic E-state index is 13.0. The highest BCUT2D eigenvalue weighted by molar-refractivity contribution is 7.89. The maximum Gasteiger partial charge on any atom is 0.325 e. The third kappa shape index (κ3) is 6.02. The van der Waals surface area contributed by atoms with Crippen molar-refractivity contribution in [1.82, 2.24) is 9.21 Å². The van der Waals surface area contributed by atoms with E-state index in [9.17, 15) is 18.0 Å². The number of amides is 1. The van der Waals surface area contributed by atoms with Gasteiger partial charge in [0, 0.05) is 32.7 Å². The smallest absolute Gasteiger partial charge is 0.325 e. The highest BCUT2D eigenvalue weighted by Gasteiger charge is 2.34. The van der Waals surface area contributed by atoms with E-state index in [0.717, 1.165) is 5.56 Å². The number of benzene rings is 1. The van der Waals surface area contributed by atoms with Crippen molar-refractivity contribution in [2.24, 2.45) is 5.92 Å². The van der Waals surface area contributed by atoms with Crippen LogP contribution in [-0.2, 0) is 29.1 Å². The molecule has 2 rings (SSSR count). The van der Waals surface area contributed by atoms with Gasteiger partial charge in [-0.1, -0.05) is 17.7 Å². The number of piperidine rings is 1. The van der Waals surface area contributed by atoms with Crippen LogP contribution >= 0.6 is 0 Å². The molecule has 0 bridgehead atoms. The van der Waals surface area contributed by atoms with Crippen LogP contribution in [0.4, 0.5) is 0 Å². The van der Waals surface area contributed by atoms with Crippen molar-refractivity contribution in [3.05, 3.63) is 29.3 Å². The molecule has 168 valence electrons. The molecule has 1 saturated heterocycles. The second-order valence-electron chi connectivity index (χ2n) is 7.50. The monoisotopic (exact) mass is 440 g/mol. The standard InChI is InChI=1S/C21H32N2O6S/c1-5-29-20(24)15-22(12-13-28-4)21(25)18-8-10-23(11-9-18)30(26,27)19-7-6-16(2)14-17(19)3/h6-7,14,18H,5,8-13,15H2,1-4H3. The normalized spacial score (nSPS) is 15.7. The molecule has 1 aliphatic rings. The molecule has 0 spiro atoms. The molecule has 0 atom stereocenters. The van der Waals surface area contributed by atoms with Crippen LogP contribution in [0.15, 0.2) is 23.1 Å². The highest BCUT2D eigenvalue weighted by Crippen LogP contribution is 2.27. The largest absolute Gasteiger partial charge is 0.465 e. The van der Waals surface area contributed by atoms with Crippen molar-refractivity contribution in [2.75, 3.05) is 46.5 Å². The Morgan fingerprint density at radius 1 is 1.20 bits per heavy atom.